The number of carboxylic acid groups (broad SMARTS) is 1. The normalized spacial score (nSPS) is 17.5. The fourth-order valence-corrected chi connectivity index (χ4v) is 3.77. The van der Waals surface area contributed by atoms with Crippen LogP contribution >= 0.6 is 11.6 Å². The van der Waals surface area contributed by atoms with Crippen LogP contribution < -0.4 is 9.47 Å². The predicted octanol–water partition coefficient (Wildman–Crippen LogP) is 3.64. The first-order chi connectivity index (χ1) is 15.3. The van der Waals surface area contributed by atoms with Crippen molar-refractivity contribution in [1.29, 1.82) is 0 Å². The van der Waals surface area contributed by atoms with Gasteiger partial charge in [0.25, 0.3) is 11.7 Å². The first kappa shape index (κ1) is 23.1. The number of aliphatic hydroxyl groups is 1. The zero-order valence-electron chi connectivity index (χ0n) is 17.5. The maximum absolute atomic E-state index is 12.9. The van der Waals surface area contributed by atoms with Crippen molar-refractivity contribution in [2.75, 3.05) is 20.8 Å². The van der Waals surface area contributed by atoms with Gasteiger partial charge in [-0.15, -0.1) is 0 Å². The Kier molecular flexibility index (Phi) is 7.05. The SMILES string of the molecule is COc1ccc([C@H]2C(=C(O)c3ccc(Cl)cc3)C(=O)C(=O)N2CCCC(=O)O)cc1OC. The van der Waals surface area contributed by atoms with Gasteiger partial charge in [0.15, 0.2) is 11.5 Å². The second kappa shape index (κ2) is 9.74. The van der Waals surface area contributed by atoms with E-state index in [2.05, 4.69) is 0 Å². The van der Waals surface area contributed by atoms with Crippen LogP contribution in [0.4, 0.5) is 0 Å². The molecule has 0 saturated carbocycles. The van der Waals surface area contributed by atoms with E-state index in [-0.39, 0.29) is 30.7 Å². The summed E-state index contributed by atoms with van der Waals surface area (Å²) in [5, 5.41) is 20.4. The third-order valence-electron chi connectivity index (χ3n) is 5.17. The number of methoxy groups -OCH3 is 2. The van der Waals surface area contributed by atoms with E-state index in [1.165, 1.54) is 19.1 Å². The van der Waals surface area contributed by atoms with Gasteiger partial charge in [-0.2, -0.15) is 0 Å². The van der Waals surface area contributed by atoms with Crippen LogP contribution in [0.3, 0.4) is 0 Å². The number of ether oxygens (including phenoxy) is 2. The molecule has 0 spiro atoms. The molecule has 1 saturated heterocycles. The fraction of sp³-hybridized carbons (Fsp3) is 0.261. The minimum absolute atomic E-state index is 0.0211. The fourth-order valence-electron chi connectivity index (χ4n) is 3.64. The molecule has 1 fully saturated rings. The van der Waals surface area contributed by atoms with E-state index < -0.39 is 23.7 Å². The number of hydrogen-bond acceptors (Lipinski definition) is 6. The quantitative estimate of drug-likeness (QED) is 0.352. The monoisotopic (exact) mass is 459 g/mol. The Morgan fingerprint density at radius 2 is 1.69 bits per heavy atom. The van der Waals surface area contributed by atoms with Crippen LogP contribution in [0.5, 0.6) is 11.5 Å². The van der Waals surface area contributed by atoms with Crippen molar-refractivity contribution >= 4 is 35.0 Å². The molecule has 0 unspecified atom stereocenters. The number of hydrogen-bond donors (Lipinski definition) is 2. The highest BCUT2D eigenvalue weighted by Gasteiger charge is 2.46. The van der Waals surface area contributed by atoms with Crippen LogP contribution in [0.25, 0.3) is 5.76 Å². The van der Waals surface area contributed by atoms with Gasteiger partial charge in [0.1, 0.15) is 5.76 Å². The minimum Gasteiger partial charge on any atom is -0.507 e. The molecule has 0 aliphatic carbocycles. The minimum atomic E-state index is -1.01. The summed E-state index contributed by atoms with van der Waals surface area (Å²) < 4.78 is 10.6. The number of benzene rings is 2. The maximum Gasteiger partial charge on any atom is 0.303 e. The van der Waals surface area contributed by atoms with Gasteiger partial charge in [0.2, 0.25) is 0 Å². The van der Waals surface area contributed by atoms with E-state index >= 15 is 0 Å². The summed E-state index contributed by atoms with van der Waals surface area (Å²) in [5.74, 6) is -2.19. The molecule has 168 valence electrons. The molecule has 32 heavy (non-hydrogen) atoms. The van der Waals surface area contributed by atoms with Crippen molar-refractivity contribution < 1.29 is 34.1 Å². The van der Waals surface area contributed by atoms with Gasteiger partial charge in [-0.3, -0.25) is 14.4 Å². The average Bonchev–Trinajstić information content (AvgIpc) is 3.03. The van der Waals surface area contributed by atoms with Gasteiger partial charge in [-0.05, 0) is 48.4 Å². The van der Waals surface area contributed by atoms with E-state index in [4.69, 9.17) is 26.2 Å². The summed E-state index contributed by atoms with van der Waals surface area (Å²) >= 11 is 5.92. The lowest BCUT2D eigenvalue weighted by Crippen LogP contribution is -2.31. The van der Waals surface area contributed by atoms with Crippen LogP contribution in [-0.2, 0) is 14.4 Å². The van der Waals surface area contributed by atoms with Gasteiger partial charge in [-0.25, -0.2) is 0 Å². The summed E-state index contributed by atoms with van der Waals surface area (Å²) in [7, 11) is 2.94. The van der Waals surface area contributed by atoms with Gasteiger partial charge in [0, 0.05) is 23.6 Å². The van der Waals surface area contributed by atoms with Crippen molar-refractivity contribution in [3.63, 3.8) is 0 Å². The molecule has 0 bridgehead atoms. The molecule has 2 N–H and O–H groups in total. The van der Waals surface area contributed by atoms with Crippen LogP contribution in [0.1, 0.15) is 30.0 Å². The highest BCUT2D eigenvalue weighted by atomic mass is 35.5. The average molecular weight is 460 g/mol. The molecule has 3 rings (SSSR count). The molecule has 1 aliphatic heterocycles. The number of carbonyl (C=O) groups is 3. The van der Waals surface area contributed by atoms with E-state index in [9.17, 15) is 19.5 Å². The van der Waals surface area contributed by atoms with E-state index in [0.29, 0.717) is 27.6 Å². The third-order valence-corrected chi connectivity index (χ3v) is 5.42. The Morgan fingerprint density at radius 1 is 1.03 bits per heavy atom. The number of aliphatic hydroxyl groups excluding tert-OH is 1. The highest BCUT2D eigenvalue weighted by Crippen LogP contribution is 2.42. The molecule has 8 nitrogen and oxygen atoms in total. The largest absolute Gasteiger partial charge is 0.507 e. The van der Waals surface area contributed by atoms with Crippen LogP contribution in [0.15, 0.2) is 48.0 Å². The topological polar surface area (TPSA) is 113 Å². The third kappa shape index (κ3) is 4.55. The summed E-state index contributed by atoms with van der Waals surface area (Å²) in [6, 6.07) is 10.2. The maximum atomic E-state index is 12.9. The molecule has 0 radical (unpaired) electrons. The highest BCUT2D eigenvalue weighted by molar-refractivity contribution is 6.46. The molecule has 2 aromatic rings. The van der Waals surface area contributed by atoms with E-state index in [1.807, 2.05) is 0 Å². The van der Waals surface area contributed by atoms with Crippen molar-refractivity contribution in [3.8, 4) is 11.5 Å². The van der Waals surface area contributed by atoms with Gasteiger partial charge < -0.3 is 24.6 Å². The number of rotatable bonds is 8. The van der Waals surface area contributed by atoms with Crippen LogP contribution in [0.2, 0.25) is 5.02 Å². The first-order valence-electron chi connectivity index (χ1n) is 9.76. The number of ketones is 1. The number of carboxylic acids is 1. The van der Waals surface area contributed by atoms with Crippen molar-refractivity contribution in [2.24, 2.45) is 0 Å². The number of Topliss-reactive ketones (excluding diaryl/α,β-unsaturated/α-hetero) is 1. The van der Waals surface area contributed by atoms with E-state index in [1.54, 1.807) is 42.5 Å². The molecule has 2 aromatic carbocycles. The molecule has 0 aromatic heterocycles. The van der Waals surface area contributed by atoms with E-state index in [0.717, 1.165) is 0 Å². The van der Waals surface area contributed by atoms with Gasteiger partial charge in [0.05, 0.1) is 25.8 Å². The molecular weight excluding hydrogens is 438 g/mol. The summed E-state index contributed by atoms with van der Waals surface area (Å²) in [6.45, 7) is 0.0211. The zero-order valence-corrected chi connectivity index (χ0v) is 18.3. The molecule has 1 amide bonds. The Balaban J connectivity index is 2.14. The van der Waals surface area contributed by atoms with Crippen LogP contribution in [-0.4, -0.2) is 53.5 Å². The summed E-state index contributed by atoms with van der Waals surface area (Å²) in [4.78, 5) is 38.0. The summed E-state index contributed by atoms with van der Waals surface area (Å²) in [5.41, 5.74) is 0.732. The lowest BCUT2D eigenvalue weighted by molar-refractivity contribution is -0.140. The Labute approximate surface area is 189 Å². The number of amides is 1. The molecule has 1 atom stereocenters. The van der Waals surface area contributed by atoms with Crippen LogP contribution in [0, 0.1) is 0 Å². The molecule has 9 heteroatoms. The number of halogens is 1. The van der Waals surface area contributed by atoms with Gasteiger partial charge in [-0.1, -0.05) is 17.7 Å². The second-order valence-electron chi connectivity index (χ2n) is 7.11. The predicted molar refractivity (Wildman–Crippen MR) is 117 cm³/mol. The lowest BCUT2D eigenvalue weighted by atomic mass is 9.95. The molecule has 1 heterocycles. The van der Waals surface area contributed by atoms with Crippen molar-refractivity contribution in [3.05, 3.63) is 64.2 Å². The number of likely N-dealkylation sites (tertiary alicyclic amines) is 1. The summed E-state index contributed by atoms with van der Waals surface area (Å²) in [6.07, 6.45) is -0.0219. The lowest BCUT2D eigenvalue weighted by Gasteiger charge is -2.25. The Bertz CT molecular complexity index is 1080. The molecular formula is C23H22ClNO7. The number of carbonyl (C=O) groups excluding carboxylic acids is 2. The smallest absolute Gasteiger partial charge is 0.303 e. The van der Waals surface area contributed by atoms with Crippen molar-refractivity contribution in [1.82, 2.24) is 4.90 Å². The van der Waals surface area contributed by atoms with Crippen molar-refractivity contribution in [2.45, 2.75) is 18.9 Å². The molecule has 1 aliphatic rings. The van der Waals surface area contributed by atoms with Gasteiger partial charge >= 0.3 is 5.97 Å². The number of nitrogens with zero attached hydrogens (tertiary/aromatic N) is 1. The Hall–Kier alpha value is -3.52. The number of aliphatic carboxylic acids is 1. The first-order valence-corrected chi connectivity index (χ1v) is 10.1. The standard InChI is InChI=1S/C23H22ClNO7/c1-31-16-10-7-14(12-17(16)32-2)20-19(21(28)13-5-8-15(24)9-6-13)22(29)23(30)25(20)11-3-4-18(26)27/h5-10,12,20,28H,3-4,11H2,1-2H3,(H,26,27)/t20-/m0/s1. The zero-order chi connectivity index (χ0) is 23.4. The second-order valence-corrected chi connectivity index (χ2v) is 7.55. The Morgan fingerprint density at radius 3 is 2.28 bits per heavy atom.